The summed E-state index contributed by atoms with van der Waals surface area (Å²) in [5, 5.41) is 2.48. The summed E-state index contributed by atoms with van der Waals surface area (Å²) in [7, 11) is 0. The van der Waals surface area contributed by atoms with Crippen LogP contribution in [0.1, 0.15) is 24.0 Å². The molecule has 0 N–H and O–H groups in total. The van der Waals surface area contributed by atoms with Crippen molar-refractivity contribution in [3.63, 3.8) is 0 Å². The van der Waals surface area contributed by atoms with E-state index < -0.39 is 0 Å². The fourth-order valence-electron chi connectivity index (χ4n) is 4.65. The Morgan fingerprint density at radius 3 is 1.76 bits per heavy atom. The Hall–Kier alpha value is -3.98. The highest BCUT2D eigenvalue weighted by atomic mass is 16.5. The van der Waals surface area contributed by atoms with Crippen molar-refractivity contribution < 1.29 is 9.47 Å². The van der Waals surface area contributed by atoms with Crippen LogP contribution in [0, 0.1) is 0 Å². The van der Waals surface area contributed by atoms with Crippen LogP contribution in [-0.2, 0) is 0 Å². The van der Waals surface area contributed by atoms with E-state index in [0.717, 1.165) is 30.0 Å². The third-order valence-corrected chi connectivity index (χ3v) is 6.34. The average molecular weight is 432 g/mol. The molecule has 0 saturated carbocycles. The molecule has 0 unspecified atom stereocenters. The quantitative estimate of drug-likeness (QED) is 0.340. The van der Waals surface area contributed by atoms with Crippen LogP contribution in [0.3, 0.4) is 0 Å². The summed E-state index contributed by atoms with van der Waals surface area (Å²) in [4.78, 5) is 2.28. The van der Waals surface area contributed by atoms with Gasteiger partial charge in [-0.15, -0.1) is 0 Å². The predicted molar refractivity (Wildman–Crippen MR) is 135 cm³/mol. The first-order valence-electron chi connectivity index (χ1n) is 11.5. The first kappa shape index (κ1) is 19.7. The van der Waals surface area contributed by atoms with E-state index in [-0.39, 0.29) is 0 Å². The SMILES string of the molecule is C(=C1/CCOc2ccccc21)/N(/C=C1\CCOc2ccccc21)c1ccc2ccccc2c1. The van der Waals surface area contributed by atoms with Gasteiger partial charge in [0.1, 0.15) is 11.5 Å². The minimum absolute atomic E-state index is 0.696. The van der Waals surface area contributed by atoms with Gasteiger partial charge in [0.25, 0.3) is 0 Å². The zero-order valence-electron chi connectivity index (χ0n) is 18.4. The van der Waals surface area contributed by atoms with Gasteiger partial charge in [0.05, 0.1) is 13.2 Å². The average Bonchev–Trinajstić information content (AvgIpc) is 2.88. The summed E-state index contributed by atoms with van der Waals surface area (Å²) >= 11 is 0. The highest BCUT2D eigenvalue weighted by molar-refractivity contribution is 5.87. The lowest BCUT2D eigenvalue weighted by Crippen LogP contribution is -2.15. The van der Waals surface area contributed by atoms with E-state index in [1.807, 2.05) is 12.1 Å². The Labute approximate surface area is 194 Å². The second-order valence-corrected chi connectivity index (χ2v) is 8.44. The summed E-state index contributed by atoms with van der Waals surface area (Å²) in [5.74, 6) is 1.91. The molecule has 0 atom stereocenters. The smallest absolute Gasteiger partial charge is 0.126 e. The molecule has 0 bridgehead atoms. The molecule has 2 aliphatic rings. The van der Waals surface area contributed by atoms with Gasteiger partial charge in [0.2, 0.25) is 0 Å². The zero-order chi connectivity index (χ0) is 22.0. The maximum atomic E-state index is 5.90. The van der Waals surface area contributed by atoms with Crippen molar-refractivity contribution in [2.75, 3.05) is 18.1 Å². The highest BCUT2D eigenvalue weighted by Crippen LogP contribution is 2.37. The maximum absolute atomic E-state index is 5.90. The van der Waals surface area contributed by atoms with E-state index in [4.69, 9.17) is 9.47 Å². The minimum Gasteiger partial charge on any atom is -0.493 e. The third-order valence-electron chi connectivity index (χ3n) is 6.34. The van der Waals surface area contributed by atoms with Crippen LogP contribution < -0.4 is 14.4 Å². The fraction of sp³-hybridized carbons (Fsp3) is 0.133. The van der Waals surface area contributed by atoms with Crippen LogP contribution in [0.25, 0.3) is 21.9 Å². The lowest BCUT2D eigenvalue weighted by molar-refractivity contribution is 0.316. The van der Waals surface area contributed by atoms with Gasteiger partial charge < -0.3 is 14.4 Å². The molecule has 0 spiro atoms. The summed E-state index contributed by atoms with van der Waals surface area (Å²) < 4.78 is 11.8. The molecule has 6 rings (SSSR count). The van der Waals surface area contributed by atoms with E-state index >= 15 is 0 Å². The highest BCUT2D eigenvalue weighted by Gasteiger charge is 2.19. The second-order valence-electron chi connectivity index (χ2n) is 8.44. The lowest BCUT2D eigenvalue weighted by atomic mass is 9.99. The molecular formula is C30H25NO2. The summed E-state index contributed by atoms with van der Waals surface area (Å²) in [5.41, 5.74) is 6.03. The van der Waals surface area contributed by atoms with Crippen molar-refractivity contribution in [1.82, 2.24) is 0 Å². The van der Waals surface area contributed by atoms with Crippen LogP contribution in [0.4, 0.5) is 5.69 Å². The molecule has 3 nitrogen and oxygen atoms in total. The van der Waals surface area contributed by atoms with Crippen LogP contribution in [-0.4, -0.2) is 13.2 Å². The molecule has 3 heteroatoms. The molecule has 33 heavy (non-hydrogen) atoms. The molecule has 162 valence electrons. The molecule has 4 aromatic rings. The first-order chi connectivity index (χ1) is 16.3. The number of ether oxygens (including phenoxy) is 2. The topological polar surface area (TPSA) is 21.7 Å². The third kappa shape index (κ3) is 3.87. The number of anilines is 1. The van der Waals surface area contributed by atoms with E-state index in [0.29, 0.717) is 13.2 Å². The number of benzene rings is 4. The number of rotatable bonds is 3. The second kappa shape index (κ2) is 8.51. The largest absolute Gasteiger partial charge is 0.493 e. The minimum atomic E-state index is 0.696. The molecule has 0 aromatic heterocycles. The van der Waals surface area contributed by atoms with Gasteiger partial charge >= 0.3 is 0 Å². The molecule has 2 heterocycles. The normalized spacial score (nSPS) is 17.2. The van der Waals surface area contributed by atoms with Crippen molar-refractivity contribution in [2.45, 2.75) is 12.8 Å². The monoisotopic (exact) mass is 431 g/mol. The molecule has 0 amide bonds. The van der Waals surface area contributed by atoms with Crippen molar-refractivity contribution >= 4 is 27.6 Å². The maximum Gasteiger partial charge on any atom is 0.126 e. The van der Waals surface area contributed by atoms with Gasteiger partial charge in [-0.25, -0.2) is 0 Å². The Bertz CT molecular complexity index is 1320. The number of hydrogen-bond donors (Lipinski definition) is 0. The van der Waals surface area contributed by atoms with E-state index in [1.165, 1.54) is 33.0 Å². The van der Waals surface area contributed by atoms with Crippen molar-refractivity contribution in [2.24, 2.45) is 0 Å². The van der Waals surface area contributed by atoms with Crippen molar-refractivity contribution in [1.29, 1.82) is 0 Å². The van der Waals surface area contributed by atoms with Crippen LogP contribution in [0.2, 0.25) is 0 Å². The van der Waals surface area contributed by atoms with E-state index in [1.54, 1.807) is 0 Å². The molecular weight excluding hydrogens is 406 g/mol. The van der Waals surface area contributed by atoms with Crippen LogP contribution in [0.15, 0.2) is 103 Å². The predicted octanol–water partition coefficient (Wildman–Crippen LogP) is 7.29. The first-order valence-corrected chi connectivity index (χ1v) is 11.5. The number of nitrogens with zero attached hydrogens (tertiary/aromatic N) is 1. The summed E-state index contributed by atoms with van der Waals surface area (Å²) in [6.45, 7) is 1.39. The molecule has 0 radical (unpaired) electrons. The van der Waals surface area contributed by atoms with Crippen LogP contribution >= 0.6 is 0 Å². The Kier molecular flexibility index (Phi) is 5.08. The van der Waals surface area contributed by atoms with Gasteiger partial charge in [0.15, 0.2) is 0 Å². The molecule has 0 saturated heterocycles. The van der Waals surface area contributed by atoms with Crippen LogP contribution in [0.5, 0.6) is 11.5 Å². The lowest BCUT2D eigenvalue weighted by Gasteiger charge is -2.26. The molecule has 2 aliphatic heterocycles. The zero-order valence-corrected chi connectivity index (χ0v) is 18.4. The van der Waals surface area contributed by atoms with Gasteiger partial charge in [0, 0.05) is 42.1 Å². The van der Waals surface area contributed by atoms with Crippen molar-refractivity contribution in [3.8, 4) is 11.5 Å². The Balaban J connectivity index is 1.50. The summed E-state index contributed by atoms with van der Waals surface area (Å²) in [6, 6.07) is 31.8. The van der Waals surface area contributed by atoms with Gasteiger partial charge in [-0.1, -0.05) is 66.7 Å². The summed E-state index contributed by atoms with van der Waals surface area (Å²) in [6.07, 6.45) is 6.31. The number of hydrogen-bond acceptors (Lipinski definition) is 3. The molecule has 4 aromatic carbocycles. The fourth-order valence-corrected chi connectivity index (χ4v) is 4.65. The molecule has 0 aliphatic carbocycles. The van der Waals surface area contributed by atoms with E-state index in [9.17, 15) is 0 Å². The number of fused-ring (bicyclic) bond motifs is 3. The number of para-hydroxylation sites is 2. The van der Waals surface area contributed by atoms with Gasteiger partial charge in [-0.3, -0.25) is 0 Å². The standard InChI is InChI=1S/C30H25NO2/c1-2-8-23-19-26(14-13-22(23)7-1)31(20-24-15-17-32-29-11-5-3-9-27(24)29)21-25-16-18-33-30-12-6-4-10-28(25)30/h1-14,19-21H,15-18H2/b24-20+,25-21+. The Morgan fingerprint density at radius 1 is 0.576 bits per heavy atom. The van der Waals surface area contributed by atoms with Gasteiger partial charge in [-0.2, -0.15) is 0 Å². The molecule has 0 fully saturated rings. The van der Waals surface area contributed by atoms with Crippen molar-refractivity contribution in [3.05, 3.63) is 115 Å². The Morgan fingerprint density at radius 2 is 1.12 bits per heavy atom. The van der Waals surface area contributed by atoms with E-state index in [2.05, 4.69) is 96.2 Å². The van der Waals surface area contributed by atoms with Gasteiger partial charge in [-0.05, 0) is 46.2 Å².